The van der Waals surface area contributed by atoms with Gasteiger partial charge in [0.2, 0.25) is 0 Å². The van der Waals surface area contributed by atoms with Gasteiger partial charge in [-0.2, -0.15) is 0 Å². The van der Waals surface area contributed by atoms with Crippen molar-refractivity contribution in [3.05, 3.63) is 144 Å². The van der Waals surface area contributed by atoms with Gasteiger partial charge in [0.1, 0.15) is 0 Å². The molecule has 174 valence electrons. The van der Waals surface area contributed by atoms with Crippen molar-refractivity contribution in [2.24, 2.45) is 11.8 Å². The molecule has 1 atom stereocenters. The molecule has 34 heavy (non-hydrogen) atoms. The predicted molar refractivity (Wildman–Crippen MR) is 146 cm³/mol. The molecule has 1 unspecified atom stereocenters. The third-order valence-electron chi connectivity index (χ3n) is 7.13. The van der Waals surface area contributed by atoms with Crippen LogP contribution >= 0.6 is 0 Å². The van der Waals surface area contributed by atoms with Crippen LogP contribution in [0, 0.1) is 11.8 Å². The molecule has 4 aromatic carbocycles. The van der Waals surface area contributed by atoms with E-state index in [0.29, 0.717) is 5.92 Å². The number of rotatable bonds is 13. The SMILES string of the molecule is c1ccc(CCCCC(CCc2ccccc2)C(Cc2ccccc2)Cc2ccccc2)cc1. The fourth-order valence-corrected chi connectivity index (χ4v) is 5.23. The zero-order chi connectivity index (χ0) is 23.3. The lowest BCUT2D eigenvalue weighted by Crippen LogP contribution is -2.21. The van der Waals surface area contributed by atoms with Crippen LogP contribution in [0.2, 0.25) is 0 Å². The molecule has 0 saturated carbocycles. The number of benzene rings is 4. The highest BCUT2D eigenvalue weighted by Gasteiger charge is 2.22. The lowest BCUT2D eigenvalue weighted by atomic mass is 9.77. The smallest absolute Gasteiger partial charge is 0.0245 e. The molecule has 0 fully saturated rings. The van der Waals surface area contributed by atoms with Gasteiger partial charge in [0, 0.05) is 0 Å². The van der Waals surface area contributed by atoms with Crippen LogP contribution < -0.4 is 0 Å². The minimum atomic E-state index is 0.658. The zero-order valence-electron chi connectivity index (χ0n) is 20.4. The monoisotopic (exact) mass is 446 g/mol. The summed E-state index contributed by atoms with van der Waals surface area (Å²) in [6.07, 6.45) is 9.83. The van der Waals surface area contributed by atoms with Gasteiger partial charge in [-0.05, 0) is 72.6 Å². The third-order valence-corrected chi connectivity index (χ3v) is 7.13. The van der Waals surface area contributed by atoms with Crippen LogP contribution in [0.15, 0.2) is 121 Å². The summed E-state index contributed by atoms with van der Waals surface area (Å²) in [5.74, 6) is 1.38. The summed E-state index contributed by atoms with van der Waals surface area (Å²) < 4.78 is 0. The van der Waals surface area contributed by atoms with Gasteiger partial charge in [-0.15, -0.1) is 0 Å². The Balaban J connectivity index is 1.47. The standard InChI is InChI=1S/C34H38/c1-5-15-29(16-6-1)19-13-14-24-33(26-25-30-17-7-2-8-18-30)34(27-31-20-9-3-10-21-31)28-32-22-11-4-12-23-32/h1-12,15-18,20-23,33-34H,13-14,19,24-28H2. The summed E-state index contributed by atoms with van der Waals surface area (Å²) in [5, 5.41) is 0. The summed E-state index contributed by atoms with van der Waals surface area (Å²) in [7, 11) is 0. The lowest BCUT2D eigenvalue weighted by Gasteiger charge is -2.28. The second kappa shape index (κ2) is 13.6. The van der Waals surface area contributed by atoms with Crippen molar-refractivity contribution >= 4 is 0 Å². The second-order valence-electron chi connectivity index (χ2n) is 9.66. The van der Waals surface area contributed by atoms with Crippen LogP contribution in [0.1, 0.15) is 47.9 Å². The summed E-state index contributed by atoms with van der Waals surface area (Å²) in [6.45, 7) is 0. The minimum absolute atomic E-state index is 0.658. The van der Waals surface area contributed by atoms with Crippen molar-refractivity contribution in [3.8, 4) is 0 Å². The average Bonchev–Trinajstić information content (AvgIpc) is 2.90. The van der Waals surface area contributed by atoms with Crippen molar-refractivity contribution in [2.75, 3.05) is 0 Å². The molecule has 0 nitrogen and oxygen atoms in total. The number of aryl methyl sites for hydroxylation is 2. The molecular formula is C34H38. The van der Waals surface area contributed by atoms with Crippen molar-refractivity contribution in [1.29, 1.82) is 0 Å². The van der Waals surface area contributed by atoms with Gasteiger partial charge in [0.05, 0.1) is 0 Å². The van der Waals surface area contributed by atoms with E-state index in [1.807, 2.05) is 0 Å². The zero-order valence-corrected chi connectivity index (χ0v) is 20.4. The van der Waals surface area contributed by atoms with E-state index in [-0.39, 0.29) is 0 Å². The highest BCUT2D eigenvalue weighted by Crippen LogP contribution is 2.31. The number of hydrogen-bond donors (Lipinski definition) is 0. The first-order valence-electron chi connectivity index (χ1n) is 13.0. The third kappa shape index (κ3) is 8.03. The summed E-state index contributed by atoms with van der Waals surface area (Å²) >= 11 is 0. The maximum Gasteiger partial charge on any atom is -0.0245 e. The molecule has 0 bridgehead atoms. The molecule has 0 spiro atoms. The summed E-state index contributed by atoms with van der Waals surface area (Å²) in [4.78, 5) is 0. The molecular weight excluding hydrogens is 408 g/mol. The molecule has 0 heterocycles. The normalized spacial score (nSPS) is 12.0. The van der Waals surface area contributed by atoms with E-state index >= 15 is 0 Å². The van der Waals surface area contributed by atoms with Gasteiger partial charge < -0.3 is 0 Å². The largest absolute Gasteiger partial charge is 0.0622 e. The van der Waals surface area contributed by atoms with Crippen LogP contribution in [0.25, 0.3) is 0 Å². The lowest BCUT2D eigenvalue weighted by molar-refractivity contribution is 0.282. The first-order valence-corrected chi connectivity index (χ1v) is 13.0. The Kier molecular flexibility index (Phi) is 9.57. The highest BCUT2D eigenvalue weighted by molar-refractivity contribution is 5.20. The van der Waals surface area contributed by atoms with E-state index in [1.54, 1.807) is 0 Å². The molecule has 0 amide bonds. The molecule has 0 saturated heterocycles. The summed E-state index contributed by atoms with van der Waals surface area (Å²) in [5.41, 5.74) is 5.87. The van der Waals surface area contributed by atoms with Crippen molar-refractivity contribution in [1.82, 2.24) is 0 Å². The molecule has 0 aliphatic carbocycles. The fourth-order valence-electron chi connectivity index (χ4n) is 5.23. The van der Waals surface area contributed by atoms with Crippen LogP contribution in [-0.2, 0) is 25.7 Å². The Bertz CT molecular complexity index is 997. The second-order valence-corrected chi connectivity index (χ2v) is 9.66. The van der Waals surface area contributed by atoms with Gasteiger partial charge in [0.25, 0.3) is 0 Å². The molecule has 4 rings (SSSR count). The van der Waals surface area contributed by atoms with Crippen LogP contribution in [0.4, 0.5) is 0 Å². The van der Waals surface area contributed by atoms with E-state index in [0.717, 1.165) is 18.8 Å². The first-order chi connectivity index (χ1) is 16.9. The van der Waals surface area contributed by atoms with Gasteiger partial charge in [-0.3, -0.25) is 0 Å². The Hall–Kier alpha value is -3.12. The molecule has 0 aromatic heterocycles. The van der Waals surface area contributed by atoms with Crippen LogP contribution in [-0.4, -0.2) is 0 Å². The maximum atomic E-state index is 2.31. The topological polar surface area (TPSA) is 0 Å². The maximum absolute atomic E-state index is 2.31. The molecule has 4 aromatic rings. The van der Waals surface area contributed by atoms with Crippen molar-refractivity contribution < 1.29 is 0 Å². The quantitative estimate of drug-likeness (QED) is 0.180. The predicted octanol–water partition coefficient (Wildman–Crippen LogP) is 8.75. The highest BCUT2D eigenvalue weighted by atomic mass is 14.3. The van der Waals surface area contributed by atoms with Gasteiger partial charge in [-0.25, -0.2) is 0 Å². The molecule has 0 heteroatoms. The molecule has 0 N–H and O–H groups in total. The first kappa shape index (κ1) is 24.0. The van der Waals surface area contributed by atoms with E-state index in [2.05, 4.69) is 121 Å². The fraction of sp³-hybridized carbons (Fsp3) is 0.294. The van der Waals surface area contributed by atoms with E-state index < -0.39 is 0 Å². The van der Waals surface area contributed by atoms with E-state index in [1.165, 1.54) is 60.8 Å². The van der Waals surface area contributed by atoms with Gasteiger partial charge >= 0.3 is 0 Å². The average molecular weight is 447 g/mol. The van der Waals surface area contributed by atoms with E-state index in [4.69, 9.17) is 0 Å². The van der Waals surface area contributed by atoms with Crippen LogP contribution in [0.3, 0.4) is 0 Å². The van der Waals surface area contributed by atoms with Crippen LogP contribution in [0.5, 0.6) is 0 Å². The Morgan fingerprint density at radius 2 is 0.765 bits per heavy atom. The molecule has 0 aliphatic rings. The Morgan fingerprint density at radius 3 is 1.24 bits per heavy atom. The molecule has 0 radical (unpaired) electrons. The molecule has 0 aliphatic heterocycles. The van der Waals surface area contributed by atoms with Crippen molar-refractivity contribution in [2.45, 2.75) is 51.4 Å². The van der Waals surface area contributed by atoms with E-state index in [9.17, 15) is 0 Å². The Labute approximate surface area is 206 Å². The van der Waals surface area contributed by atoms with Gasteiger partial charge in [-0.1, -0.05) is 134 Å². The summed E-state index contributed by atoms with van der Waals surface area (Å²) in [6, 6.07) is 44.3. The van der Waals surface area contributed by atoms with Crippen molar-refractivity contribution in [3.63, 3.8) is 0 Å². The number of hydrogen-bond acceptors (Lipinski definition) is 0. The van der Waals surface area contributed by atoms with Gasteiger partial charge in [0.15, 0.2) is 0 Å². The Morgan fingerprint density at radius 1 is 0.353 bits per heavy atom. The number of unbranched alkanes of at least 4 members (excludes halogenated alkanes) is 1. The minimum Gasteiger partial charge on any atom is -0.0622 e.